The maximum absolute atomic E-state index is 12.5. The molecular weight excluding hydrogens is 368 g/mol. The fourth-order valence-corrected chi connectivity index (χ4v) is 3.51. The molecule has 2 fully saturated rings. The van der Waals surface area contributed by atoms with Crippen LogP contribution in [0, 0.1) is 6.92 Å². The van der Waals surface area contributed by atoms with E-state index in [4.69, 9.17) is 21.1 Å². The number of hydrogen-bond donors (Lipinski definition) is 1. The number of carbonyl (C=O) groups excluding carboxylic acids is 1. The molecule has 8 heteroatoms. The van der Waals surface area contributed by atoms with Crippen LogP contribution < -0.4 is 10.2 Å². The molecule has 1 aromatic carbocycles. The van der Waals surface area contributed by atoms with Gasteiger partial charge in [0.25, 0.3) is 5.91 Å². The Bertz CT molecular complexity index is 845. The number of piperidine rings is 1. The third kappa shape index (κ3) is 3.90. The number of hydrogen-bond acceptors (Lipinski definition) is 6. The zero-order chi connectivity index (χ0) is 18.9. The summed E-state index contributed by atoms with van der Waals surface area (Å²) in [6.07, 6.45) is 3.12. The first-order valence-corrected chi connectivity index (χ1v) is 9.36. The fourth-order valence-electron chi connectivity index (χ4n) is 3.33. The van der Waals surface area contributed by atoms with E-state index in [9.17, 15) is 4.79 Å². The molecule has 2 aliphatic rings. The summed E-state index contributed by atoms with van der Waals surface area (Å²) in [6, 6.07) is 7.00. The largest absolute Gasteiger partial charge is 0.347 e. The summed E-state index contributed by atoms with van der Waals surface area (Å²) in [6.45, 7) is 4.65. The predicted molar refractivity (Wildman–Crippen MR) is 102 cm³/mol. The molecule has 0 aliphatic carbocycles. The lowest BCUT2D eigenvalue weighted by Crippen LogP contribution is -2.45. The van der Waals surface area contributed by atoms with Gasteiger partial charge in [0.1, 0.15) is 5.69 Å². The molecule has 4 rings (SSSR count). The van der Waals surface area contributed by atoms with E-state index >= 15 is 0 Å². The Balaban J connectivity index is 1.44. The van der Waals surface area contributed by atoms with Crippen LogP contribution in [0.25, 0.3) is 0 Å². The first kappa shape index (κ1) is 18.2. The zero-order valence-corrected chi connectivity index (χ0v) is 15.8. The van der Waals surface area contributed by atoms with Crippen molar-refractivity contribution < 1.29 is 14.3 Å². The van der Waals surface area contributed by atoms with Crippen LogP contribution in [0.1, 0.15) is 28.9 Å². The van der Waals surface area contributed by atoms with Gasteiger partial charge in [-0.1, -0.05) is 17.7 Å². The highest BCUT2D eigenvalue weighted by Gasteiger charge is 2.40. The van der Waals surface area contributed by atoms with Gasteiger partial charge in [-0.25, -0.2) is 9.97 Å². The van der Waals surface area contributed by atoms with Crippen LogP contribution in [0.2, 0.25) is 5.02 Å². The molecular formula is C19H21ClN4O3. The molecule has 1 amide bonds. The van der Waals surface area contributed by atoms with Crippen molar-refractivity contribution >= 4 is 29.1 Å². The molecule has 0 bridgehead atoms. The Morgan fingerprint density at radius 2 is 1.96 bits per heavy atom. The first-order chi connectivity index (χ1) is 13.0. The molecule has 0 unspecified atom stereocenters. The highest BCUT2D eigenvalue weighted by atomic mass is 35.5. The van der Waals surface area contributed by atoms with E-state index in [1.54, 1.807) is 18.3 Å². The van der Waals surface area contributed by atoms with Crippen molar-refractivity contribution in [3.8, 4) is 0 Å². The molecule has 3 heterocycles. The Morgan fingerprint density at radius 1 is 1.22 bits per heavy atom. The Morgan fingerprint density at radius 3 is 2.67 bits per heavy atom. The Hall–Kier alpha value is -2.22. The average Bonchev–Trinajstić information content (AvgIpc) is 3.13. The van der Waals surface area contributed by atoms with Gasteiger partial charge in [0, 0.05) is 42.8 Å². The molecule has 0 saturated carbocycles. The third-order valence-electron chi connectivity index (χ3n) is 4.93. The number of aryl methyl sites for hydroxylation is 1. The number of benzene rings is 1. The van der Waals surface area contributed by atoms with Gasteiger partial charge in [0.15, 0.2) is 5.79 Å². The van der Waals surface area contributed by atoms with Gasteiger partial charge in [0.05, 0.1) is 13.2 Å². The smallest absolute Gasteiger partial charge is 0.274 e. The average molecular weight is 389 g/mol. The van der Waals surface area contributed by atoms with Crippen molar-refractivity contribution in [2.75, 3.05) is 36.5 Å². The third-order valence-corrected chi connectivity index (χ3v) is 5.33. The minimum Gasteiger partial charge on any atom is -0.347 e. The number of rotatable bonds is 3. The van der Waals surface area contributed by atoms with E-state index in [0.717, 1.165) is 31.5 Å². The normalized spacial score (nSPS) is 18.7. The second-order valence-corrected chi connectivity index (χ2v) is 7.16. The zero-order valence-electron chi connectivity index (χ0n) is 15.1. The number of nitrogens with one attached hydrogen (secondary N) is 1. The fraction of sp³-hybridized carbons (Fsp3) is 0.421. The van der Waals surface area contributed by atoms with Gasteiger partial charge in [-0.05, 0) is 30.7 Å². The van der Waals surface area contributed by atoms with Crippen molar-refractivity contribution in [2.45, 2.75) is 25.6 Å². The molecule has 7 nitrogen and oxygen atoms in total. The minimum absolute atomic E-state index is 0.297. The predicted octanol–water partition coefficient (Wildman–Crippen LogP) is 3.03. The topological polar surface area (TPSA) is 76.6 Å². The van der Waals surface area contributed by atoms with Gasteiger partial charge in [-0.15, -0.1) is 0 Å². The number of carbonyl (C=O) groups is 1. The SMILES string of the molecule is Cc1ccc(NC(=O)c2ccnc(N3CCC4(CC3)OCCO4)n2)cc1Cl. The second-order valence-electron chi connectivity index (χ2n) is 6.75. The van der Waals surface area contributed by atoms with Crippen LogP contribution >= 0.6 is 11.6 Å². The van der Waals surface area contributed by atoms with Crippen molar-refractivity contribution in [1.29, 1.82) is 0 Å². The number of amides is 1. The van der Waals surface area contributed by atoms with E-state index in [-0.39, 0.29) is 5.91 Å². The number of nitrogens with zero attached hydrogens (tertiary/aromatic N) is 3. The van der Waals surface area contributed by atoms with Gasteiger partial charge < -0.3 is 19.7 Å². The van der Waals surface area contributed by atoms with Crippen LogP contribution in [-0.4, -0.2) is 48.0 Å². The highest BCUT2D eigenvalue weighted by Crippen LogP contribution is 2.32. The maximum Gasteiger partial charge on any atom is 0.274 e. The van der Waals surface area contributed by atoms with E-state index < -0.39 is 5.79 Å². The van der Waals surface area contributed by atoms with E-state index in [1.165, 1.54) is 0 Å². The molecule has 1 N–H and O–H groups in total. The van der Waals surface area contributed by atoms with E-state index in [1.807, 2.05) is 19.1 Å². The van der Waals surface area contributed by atoms with Crippen molar-refractivity contribution in [3.63, 3.8) is 0 Å². The monoisotopic (exact) mass is 388 g/mol. The van der Waals surface area contributed by atoms with Gasteiger partial charge >= 0.3 is 0 Å². The number of ether oxygens (including phenoxy) is 2. The molecule has 2 saturated heterocycles. The Kier molecular flexibility index (Phi) is 4.99. The molecule has 27 heavy (non-hydrogen) atoms. The lowest BCUT2D eigenvalue weighted by atomic mass is 10.0. The van der Waals surface area contributed by atoms with Crippen LogP contribution in [-0.2, 0) is 9.47 Å². The maximum atomic E-state index is 12.5. The second kappa shape index (κ2) is 7.42. The van der Waals surface area contributed by atoms with E-state index in [2.05, 4.69) is 20.2 Å². The standard InChI is InChI=1S/C19H21ClN4O3/c1-13-2-3-14(12-15(13)20)22-17(25)16-4-7-21-18(23-16)24-8-5-19(6-9-24)26-10-11-27-19/h2-4,7,12H,5-6,8-11H2,1H3,(H,22,25). The molecule has 2 aliphatic heterocycles. The van der Waals surface area contributed by atoms with E-state index in [0.29, 0.717) is 35.6 Å². The van der Waals surface area contributed by atoms with Gasteiger partial charge in [0.2, 0.25) is 5.95 Å². The molecule has 1 aromatic heterocycles. The van der Waals surface area contributed by atoms with Crippen LogP contribution in [0.4, 0.5) is 11.6 Å². The summed E-state index contributed by atoms with van der Waals surface area (Å²) < 4.78 is 11.5. The Labute approximate surface area is 162 Å². The summed E-state index contributed by atoms with van der Waals surface area (Å²) >= 11 is 6.12. The number of halogens is 1. The van der Waals surface area contributed by atoms with Gasteiger partial charge in [-0.3, -0.25) is 4.79 Å². The summed E-state index contributed by atoms with van der Waals surface area (Å²) in [5, 5.41) is 3.43. The lowest BCUT2D eigenvalue weighted by molar-refractivity contribution is -0.169. The van der Waals surface area contributed by atoms with Crippen LogP contribution in [0.3, 0.4) is 0 Å². The van der Waals surface area contributed by atoms with Crippen LogP contribution in [0.5, 0.6) is 0 Å². The summed E-state index contributed by atoms with van der Waals surface area (Å²) in [5.74, 6) is -0.206. The molecule has 0 atom stereocenters. The first-order valence-electron chi connectivity index (χ1n) is 8.98. The number of aromatic nitrogens is 2. The molecule has 142 valence electrons. The minimum atomic E-state index is -0.448. The highest BCUT2D eigenvalue weighted by molar-refractivity contribution is 6.31. The van der Waals surface area contributed by atoms with Crippen molar-refractivity contribution in [1.82, 2.24) is 9.97 Å². The lowest BCUT2D eigenvalue weighted by Gasteiger charge is -2.37. The van der Waals surface area contributed by atoms with Crippen molar-refractivity contribution in [2.24, 2.45) is 0 Å². The van der Waals surface area contributed by atoms with Crippen molar-refractivity contribution in [3.05, 3.63) is 46.7 Å². The number of anilines is 2. The summed E-state index contributed by atoms with van der Waals surface area (Å²) in [7, 11) is 0. The van der Waals surface area contributed by atoms with Crippen LogP contribution in [0.15, 0.2) is 30.5 Å². The molecule has 1 spiro atoms. The summed E-state index contributed by atoms with van der Waals surface area (Å²) in [5.41, 5.74) is 1.90. The van der Waals surface area contributed by atoms with Gasteiger partial charge in [-0.2, -0.15) is 0 Å². The molecule has 2 aromatic rings. The summed E-state index contributed by atoms with van der Waals surface area (Å²) in [4.78, 5) is 23.4. The quantitative estimate of drug-likeness (QED) is 0.870. The molecule has 0 radical (unpaired) electrons.